The molecule has 1 radical (unpaired) electrons. The quantitative estimate of drug-likeness (QED) is 0.316. The maximum atomic E-state index is 11.8. The van der Waals surface area contributed by atoms with Gasteiger partial charge in [-0.2, -0.15) is 0 Å². The van der Waals surface area contributed by atoms with E-state index < -0.39 is 0 Å². The Kier molecular flexibility index (Phi) is 15.9. The molecule has 0 saturated heterocycles. The van der Waals surface area contributed by atoms with Gasteiger partial charge in [0.1, 0.15) is 0 Å². The Labute approximate surface area is 108 Å². The molecule has 0 rings (SSSR count). The van der Waals surface area contributed by atoms with Crippen molar-refractivity contribution in [3.8, 4) is 0 Å². The van der Waals surface area contributed by atoms with E-state index in [1.165, 1.54) is 64.2 Å². The van der Waals surface area contributed by atoms with Gasteiger partial charge in [0.25, 0.3) is 0 Å². The second kappa shape index (κ2) is 15.9. The maximum absolute atomic E-state index is 11.8. The van der Waals surface area contributed by atoms with Crippen molar-refractivity contribution in [1.82, 2.24) is 0 Å². The van der Waals surface area contributed by atoms with Crippen LogP contribution >= 0.6 is 0 Å². The molecular weight excluding hydrogens is 211 g/mol. The lowest BCUT2D eigenvalue weighted by atomic mass is 10.0. The zero-order chi connectivity index (χ0) is 12.6. The summed E-state index contributed by atoms with van der Waals surface area (Å²) >= 11 is 0. The fraction of sp³-hybridized carbons (Fsp3) is 0.938. The molecule has 0 unspecified atom stereocenters. The van der Waals surface area contributed by atoms with E-state index in [0.717, 1.165) is 19.3 Å². The first-order valence-electron chi connectivity index (χ1n) is 7.79. The molecule has 0 amide bonds. The standard InChI is InChI=1S/C16H32F/c1-2-3-4-5-6-7-8-9-10-11-12-13-14-15-16-17/h12H,2-11,13-16H2,1H3. The van der Waals surface area contributed by atoms with Crippen molar-refractivity contribution in [3.05, 3.63) is 6.42 Å². The molecule has 17 heavy (non-hydrogen) atoms. The van der Waals surface area contributed by atoms with Crippen LogP contribution in [0.2, 0.25) is 0 Å². The van der Waals surface area contributed by atoms with E-state index in [9.17, 15) is 4.39 Å². The molecule has 0 bridgehead atoms. The van der Waals surface area contributed by atoms with E-state index in [4.69, 9.17) is 0 Å². The Morgan fingerprint density at radius 1 is 0.647 bits per heavy atom. The van der Waals surface area contributed by atoms with Crippen molar-refractivity contribution >= 4 is 0 Å². The minimum atomic E-state index is -0.147. The van der Waals surface area contributed by atoms with Crippen LogP contribution in [0.25, 0.3) is 0 Å². The molecule has 0 heterocycles. The van der Waals surface area contributed by atoms with E-state index in [2.05, 4.69) is 13.3 Å². The number of hydrogen-bond donors (Lipinski definition) is 0. The summed E-state index contributed by atoms with van der Waals surface area (Å²) in [6.45, 7) is 2.12. The van der Waals surface area contributed by atoms with Gasteiger partial charge in [-0.1, -0.05) is 84.0 Å². The molecular formula is C16H32F. The van der Waals surface area contributed by atoms with E-state index in [1.807, 2.05) is 0 Å². The van der Waals surface area contributed by atoms with E-state index in [-0.39, 0.29) is 6.67 Å². The van der Waals surface area contributed by atoms with E-state index in [1.54, 1.807) is 0 Å². The Balaban J connectivity index is 2.85. The SMILES string of the molecule is CCCCCCCCCCC[CH]CCCCF. The van der Waals surface area contributed by atoms with Crippen molar-refractivity contribution < 1.29 is 4.39 Å². The molecule has 103 valence electrons. The molecule has 0 N–H and O–H groups in total. The highest BCUT2D eigenvalue weighted by Gasteiger charge is 1.93. The van der Waals surface area contributed by atoms with Crippen LogP contribution in [0.15, 0.2) is 0 Å². The summed E-state index contributed by atoms with van der Waals surface area (Å²) < 4.78 is 11.8. The van der Waals surface area contributed by atoms with Gasteiger partial charge in [0.15, 0.2) is 0 Å². The highest BCUT2D eigenvalue weighted by molar-refractivity contribution is 4.64. The number of rotatable bonds is 14. The Bertz CT molecular complexity index is 109. The molecule has 0 aromatic carbocycles. The first kappa shape index (κ1) is 16.9. The Hall–Kier alpha value is -0.0700. The Morgan fingerprint density at radius 2 is 1.12 bits per heavy atom. The highest BCUT2D eigenvalue weighted by atomic mass is 19.1. The average Bonchev–Trinajstić information content (AvgIpc) is 2.35. The molecule has 0 atom stereocenters. The molecule has 0 saturated carbocycles. The van der Waals surface area contributed by atoms with Crippen molar-refractivity contribution in [1.29, 1.82) is 0 Å². The zero-order valence-electron chi connectivity index (χ0n) is 11.9. The van der Waals surface area contributed by atoms with Gasteiger partial charge in [-0.15, -0.1) is 0 Å². The van der Waals surface area contributed by atoms with Crippen LogP contribution < -0.4 is 0 Å². The van der Waals surface area contributed by atoms with Crippen molar-refractivity contribution in [3.63, 3.8) is 0 Å². The monoisotopic (exact) mass is 243 g/mol. The zero-order valence-corrected chi connectivity index (χ0v) is 11.9. The van der Waals surface area contributed by atoms with Gasteiger partial charge in [0.2, 0.25) is 0 Å². The summed E-state index contributed by atoms with van der Waals surface area (Å²) in [6.07, 6.45) is 19.1. The largest absolute Gasteiger partial charge is 0.251 e. The van der Waals surface area contributed by atoms with Crippen LogP contribution in [0.4, 0.5) is 4.39 Å². The summed E-state index contributed by atoms with van der Waals surface area (Å²) in [5, 5.41) is 0. The van der Waals surface area contributed by atoms with E-state index in [0.29, 0.717) is 0 Å². The lowest BCUT2D eigenvalue weighted by molar-refractivity contribution is 0.459. The van der Waals surface area contributed by atoms with Gasteiger partial charge >= 0.3 is 0 Å². The molecule has 0 aliphatic rings. The van der Waals surface area contributed by atoms with Gasteiger partial charge in [-0.05, 0) is 12.8 Å². The van der Waals surface area contributed by atoms with Gasteiger partial charge in [0.05, 0.1) is 6.67 Å². The first-order chi connectivity index (χ1) is 8.41. The number of unbranched alkanes of at least 4 members (excludes halogenated alkanes) is 13. The number of halogens is 1. The topological polar surface area (TPSA) is 0 Å². The second-order valence-corrected chi connectivity index (χ2v) is 5.09. The van der Waals surface area contributed by atoms with Crippen molar-refractivity contribution in [2.45, 2.75) is 90.4 Å². The van der Waals surface area contributed by atoms with Crippen LogP contribution in [-0.2, 0) is 0 Å². The van der Waals surface area contributed by atoms with Crippen LogP contribution in [0.3, 0.4) is 0 Å². The molecule has 1 heteroatoms. The van der Waals surface area contributed by atoms with Crippen molar-refractivity contribution in [2.24, 2.45) is 0 Å². The van der Waals surface area contributed by atoms with Crippen LogP contribution in [0, 0.1) is 6.42 Å². The first-order valence-corrected chi connectivity index (χ1v) is 7.79. The lowest BCUT2D eigenvalue weighted by Gasteiger charge is -2.02. The summed E-state index contributed by atoms with van der Waals surface area (Å²) in [6, 6.07) is 0. The molecule has 0 fully saturated rings. The summed E-state index contributed by atoms with van der Waals surface area (Å²) in [5.74, 6) is 0. The average molecular weight is 243 g/mol. The van der Waals surface area contributed by atoms with Gasteiger partial charge in [0, 0.05) is 0 Å². The van der Waals surface area contributed by atoms with Crippen LogP contribution in [-0.4, -0.2) is 6.67 Å². The summed E-state index contributed by atoms with van der Waals surface area (Å²) in [5.41, 5.74) is 0. The smallest absolute Gasteiger partial charge is 0.0894 e. The normalized spacial score (nSPS) is 10.9. The third-order valence-corrected chi connectivity index (χ3v) is 3.30. The minimum absolute atomic E-state index is 0.147. The molecule has 0 nitrogen and oxygen atoms in total. The lowest BCUT2D eigenvalue weighted by Crippen LogP contribution is -1.84. The number of alkyl halides is 1. The highest BCUT2D eigenvalue weighted by Crippen LogP contribution is 2.12. The molecule has 0 aromatic heterocycles. The predicted molar refractivity (Wildman–Crippen MR) is 76.0 cm³/mol. The van der Waals surface area contributed by atoms with Crippen LogP contribution in [0.5, 0.6) is 0 Å². The van der Waals surface area contributed by atoms with Gasteiger partial charge in [-0.3, -0.25) is 4.39 Å². The third kappa shape index (κ3) is 15.9. The van der Waals surface area contributed by atoms with Crippen LogP contribution in [0.1, 0.15) is 90.4 Å². The summed E-state index contributed by atoms with van der Waals surface area (Å²) in [4.78, 5) is 0. The third-order valence-electron chi connectivity index (χ3n) is 3.30. The molecule has 0 spiro atoms. The van der Waals surface area contributed by atoms with Gasteiger partial charge < -0.3 is 0 Å². The molecule has 0 aliphatic carbocycles. The van der Waals surface area contributed by atoms with Crippen molar-refractivity contribution in [2.75, 3.05) is 6.67 Å². The van der Waals surface area contributed by atoms with Gasteiger partial charge in [-0.25, -0.2) is 0 Å². The Morgan fingerprint density at radius 3 is 1.65 bits per heavy atom. The minimum Gasteiger partial charge on any atom is -0.251 e. The molecule has 0 aliphatic heterocycles. The maximum Gasteiger partial charge on any atom is 0.0894 e. The fourth-order valence-electron chi connectivity index (χ4n) is 2.13. The second-order valence-electron chi connectivity index (χ2n) is 5.09. The predicted octanol–water partition coefficient (Wildman–Crippen LogP) is 6.25. The number of hydrogen-bond acceptors (Lipinski definition) is 0. The fourth-order valence-corrected chi connectivity index (χ4v) is 2.13. The van der Waals surface area contributed by atoms with E-state index >= 15 is 0 Å². The molecule has 0 aromatic rings. The summed E-state index contributed by atoms with van der Waals surface area (Å²) in [7, 11) is 0.